The van der Waals surface area contributed by atoms with Gasteiger partial charge in [-0.1, -0.05) is 0 Å². The Morgan fingerprint density at radius 1 is 1.15 bits per heavy atom. The molecule has 1 aliphatic rings. The van der Waals surface area contributed by atoms with Crippen molar-refractivity contribution in [2.45, 2.75) is 31.2 Å². The van der Waals surface area contributed by atoms with E-state index in [9.17, 15) is 22.8 Å². The number of hydrogen-bond donors (Lipinski definition) is 1. The molecule has 0 aliphatic carbocycles. The van der Waals surface area contributed by atoms with E-state index in [0.717, 1.165) is 16.2 Å². The zero-order valence-electron chi connectivity index (χ0n) is 19.1. The Kier molecular flexibility index (Phi) is 8.15. The van der Waals surface area contributed by atoms with E-state index in [2.05, 4.69) is 5.32 Å². The summed E-state index contributed by atoms with van der Waals surface area (Å²) in [6.45, 7) is 2.57. The summed E-state index contributed by atoms with van der Waals surface area (Å²) in [4.78, 5) is 39.5. The molecule has 184 valence electrons. The number of carbonyl (C=O) groups excluding carboxylic acids is 3. The van der Waals surface area contributed by atoms with E-state index < -0.39 is 33.6 Å². The van der Waals surface area contributed by atoms with Gasteiger partial charge in [-0.25, -0.2) is 18.0 Å². The highest BCUT2D eigenvalue weighted by Gasteiger charge is 2.31. The van der Waals surface area contributed by atoms with Gasteiger partial charge >= 0.3 is 12.1 Å². The number of amides is 2. The Hall–Kier alpha value is -3.12. The standard InChI is InChI=1S/C22H26N2O8S2/c1-4-32-22(27)24-11-9-16-17(13-24)33-20(19(16)21(26)31-3)23-18(25)10-12-34(28,29)15-7-5-14(30-2)6-8-15/h5-8H,4,9-13H2,1-3H3,(H,23,25). The number of ether oxygens (including phenoxy) is 3. The first-order valence-corrected chi connectivity index (χ1v) is 13.0. The SMILES string of the molecule is CCOC(=O)N1CCc2c(sc(NC(=O)CCS(=O)(=O)c3ccc(OC)cc3)c2C(=O)OC)C1. The maximum absolute atomic E-state index is 12.6. The monoisotopic (exact) mass is 510 g/mol. The second-order valence-electron chi connectivity index (χ2n) is 7.36. The second kappa shape index (κ2) is 10.9. The zero-order valence-corrected chi connectivity index (χ0v) is 20.7. The molecule has 0 saturated heterocycles. The Morgan fingerprint density at radius 3 is 2.47 bits per heavy atom. The highest BCUT2D eigenvalue weighted by Crippen LogP contribution is 2.38. The fourth-order valence-electron chi connectivity index (χ4n) is 3.50. The molecule has 12 heteroatoms. The van der Waals surface area contributed by atoms with Crippen LogP contribution in [0.3, 0.4) is 0 Å². The largest absolute Gasteiger partial charge is 0.497 e. The average Bonchev–Trinajstić information content (AvgIpc) is 3.19. The Bertz CT molecular complexity index is 1170. The molecule has 0 fully saturated rings. The van der Waals surface area contributed by atoms with Crippen LogP contribution in [0, 0.1) is 0 Å². The fourth-order valence-corrected chi connectivity index (χ4v) is 6.01. The number of hydrogen-bond acceptors (Lipinski definition) is 9. The fraction of sp³-hybridized carbons (Fsp3) is 0.409. The van der Waals surface area contributed by atoms with Gasteiger partial charge in [-0.05, 0) is 43.2 Å². The summed E-state index contributed by atoms with van der Waals surface area (Å²) < 4.78 is 40.1. The van der Waals surface area contributed by atoms with E-state index in [1.807, 2.05) is 0 Å². The Labute approximate surface area is 201 Å². The van der Waals surface area contributed by atoms with Crippen LogP contribution in [0.1, 0.15) is 34.1 Å². The summed E-state index contributed by atoms with van der Waals surface area (Å²) in [7, 11) is -0.968. The van der Waals surface area contributed by atoms with E-state index >= 15 is 0 Å². The number of carbonyl (C=O) groups is 3. The summed E-state index contributed by atoms with van der Waals surface area (Å²) in [5, 5.41) is 2.93. The third-order valence-electron chi connectivity index (χ3n) is 5.24. The third-order valence-corrected chi connectivity index (χ3v) is 8.11. The van der Waals surface area contributed by atoms with Crippen LogP contribution in [0.2, 0.25) is 0 Å². The molecule has 0 radical (unpaired) electrons. The molecule has 0 bridgehead atoms. The zero-order chi connectivity index (χ0) is 24.9. The molecule has 1 aliphatic heterocycles. The van der Waals surface area contributed by atoms with Crippen LogP contribution in [0.5, 0.6) is 5.75 Å². The molecule has 34 heavy (non-hydrogen) atoms. The molecule has 1 N–H and O–H groups in total. The number of fused-ring (bicyclic) bond motifs is 1. The number of thiophene rings is 1. The van der Waals surface area contributed by atoms with Gasteiger partial charge in [0.2, 0.25) is 5.91 Å². The first-order chi connectivity index (χ1) is 16.2. The molecule has 1 aromatic carbocycles. The number of rotatable bonds is 8. The van der Waals surface area contributed by atoms with Gasteiger partial charge < -0.3 is 24.4 Å². The van der Waals surface area contributed by atoms with Crippen LogP contribution in [-0.2, 0) is 37.1 Å². The van der Waals surface area contributed by atoms with Gasteiger partial charge in [-0.15, -0.1) is 11.3 Å². The average molecular weight is 511 g/mol. The van der Waals surface area contributed by atoms with Gasteiger partial charge in [0.25, 0.3) is 0 Å². The van der Waals surface area contributed by atoms with Crippen LogP contribution in [0.25, 0.3) is 0 Å². The molecule has 0 unspecified atom stereocenters. The summed E-state index contributed by atoms with van der Waals surface area (Å²) in [5.74, 6) is -1.04. The quantitative estimate of drug-likeness (QED) is 0.537. The maximum atomic E-state index is 12.6. The Morgan fingerprint density at radius 2 is 1.85 bits per heavy atom. The number of esters is 1. The lowest BCUT2D eigenvalue weighted by molar-refractivity contribution is -0.115. The van der Waals surface area contributed by atoms with Crippen LogP contribution >= 0.6 is 11.3 Å². The van der Waals surface area contributed by atoms with Crippen LogP contribution in [0.15, 0.2) is 29.2 Å². The molecule has 2 amide bonds. The molecular weight excluding hydrogens is 484 g/mol. The minimum Gasteiger partial charge on any atom is -0.497 e. The van der Waals surface area contributed by atoms with Crippen LogP contribution in [-0.4, -0.2) is 64.4 Å². The highest BCUT2D eigenvalue weighted by molar-refractivity contribution is 7.91. The van der Waals surface area contributed by atoms with Crippen LogP contribution in [0.4, 0.5) is 9.80 Å². The van der Waals surface area contributed by atoms with E-state index in [-0.39, 0.29) is 35.0 Å². The predicted octanol–water partition coefficient (Wildman–Crippen LogP) is 2.86. The lowest BCUT2D eigenvalue weighted by Gasteiger charge is -2.26. The second-order valence-corrected chi connectivity index (χ2v) is 10.6. The van der Waals surface area contributed by atoms with Crippen molar-refractivity contribution in [2.75, 3.05) is 38.4 Å². The molecule has 0 atom stereocenters. The molecule has 2 aromatic rings. The lowest BCUT2D eigenvalue weighted by atomic mass is 10.0. The van der Waals surface area contributed by atoms with Gasteiger partial charge in [-0.2, -0.15) is 0 Å². The van der Waals surface area contributed by atoms with Crippen LogP contribution < -0.4 is 10.1 Å². The molecule has 1 aromatic heterocycles. The lowest BCUT2D eigenvalue weighted by Crippen LogP contribution is -2.36. The molecule has 2 heterocycles. The first-order valence-electron chi connectivity index (χ1n) is 10.5. The van der Waals surface area contributed by atoms with Crippen molar-refractivity contribution >= 4 is 44.1 Å². The van der Waals surface area contributed by atoms with Crippen molar-refractivity contribution in [3.63, 3.8) is 0 Å². The molecule has 3 rings (SSSR count). The van der Waals surface area contributed by atoms with Crippen molar-refractivity contribution in [1.82, 2.24) is 4.90 Å². The highest BCUT2D eigenvalue weighted by atomic mass is 32.2. The van der Waals surface area contributed by atoms with Crippen molar-refractivity contribution in [1.29, 1.82) is 0 Å². The summed E-state index contributed by atoms with van der Waals surface area (Å²) >= 11 is 1.16. The van der Waals surface area contributed by atoms with Gasteiger partial charge in [0, 0.05) is 17.8 Å². The van der Waals surface area contributed by atoms with Crippen molar-refractivity contribution in [3.8, 4) is 5.75 Å². The smallest absolute Gasteiger partial charge is 0.410 e. The number of sulfone groups is 1. The summed E-state index contributed by atoms with van der Waals surface area (Å²) in [6.07, 6.45) is -0.348. The first kappa shape index (κ1) is 25.5. The van der Waals surface area contributed by atoms with Gasteiger partial charge in [0.05, 0.1) is 43.6 Å². The van der Waals surface area contributed by atoms with Crippen molar-refractivity contribution < 1.29 is 37.0 Å². The topological polar surface area (TPSA) is 128 Å². The van der Waals surface area contributed by atoms with E-state index in [4.69, 9.17) is 14.2 Å². The van der Waals surface area contributed by atoms with Crippen molar-refractivity contribution in [3.05, 3.63) is 40.3 Å². The molecular formula is C22H26N2O8S2. The number of benzene rings is 1. The maximum Gasteiger partial charge on any atom is 0.410 e. The van der Waals surface area contributed by atoms with Crippen molar-refractivity contribution in [2.24, 2.45) is 0 Å². The molecule has 0 saturated carbocycles. The van der Waals surface area contributed by atoms with E-state index in [1.165, 1.54) is 43.4 Å². The normalized spacial score (nSPS) is 13.1. The van der Waals surface area contributed by atoms with E-state index in [0.29, 0.717) is 24.3 Å². The minimum absolute atomic E-state index is 0.0852. The number of anilines is 1. The minimum atomic E-state index is -3.69. The number of nitrogens with one attached hydrogen (secondary N) is 1. The van der Waals surface area contributed by atoms with E-state index in [1.54, 1.807) is 6.92 Å². The number of nitrogens with zero attached hydrogens (tertiary/aromatic N) is 1. The Balaban J connectivity index is 1.73. The summed E-state index contributed by atoms with van der Waals surface area (Å²) in [6, 6.07) is 5.91. The predicted molar refractivity (Wildman–Crippen MR) is 125 cm³/mol. The molecule has 0 spiro atoms. The third kappa shape index (κ3) is 5.68. The van der Waals surface area contributed by atoms with Gasteiger partial charge in [0.1, 0.15) is 10.8 Å². The van der Waals surface area contributed by atoms with Gasteiger partial charge in [0.15, 0.2) is 9.84 Å². The van der Waals surface area contributed by atoms with Gasteiger partial charge in [-0.3, -0.25) is 4.79 Å². The number of methoxy groups -OCH3 is 2. The molecule has 10 nitrogen and oxygen atoms in total. The summed E-state index contributed by atoms with van der Waals surface area (Å²) in [5.41, 5.74) is 0.941.